The Morgan fingerprint density at radius 3 is 1.70 bits per heavy atom. The molecule has 15 rings (SSSR count). The van der Waals surface area contributed by atoms with Gasteiger partial charge in [0, 0.05) is 34.4 Å². The quantitative estimate of drug-likeness (QED) is 0.150. The summed E-state index contributed by atoms with van der Waals surface area (Å²) in [4.78, 5) is 5.04. The van der Waals surface area contributed by atoms with E-state index in [1.165, 1.54) is 94.5 Å². The molecular weight excluding hydrogens is 893 g/mol. The molecule has 4 aliphatic rings. The van der Waals surface area contributed by atoms with Gasteiger partial charge in [0.2, 0.25) is 0 Å². The minimum Gasteiger partial charge on any atom is -0.333 e. The molecule has 0 saturated carbocycles. The lowest BCUT2D eigenvalue weighted by Gasteiger charge is -2.49. The van der Waals surface area contributed by atoms with Crippen molar-refractivity contribution in [3.8, 4) is 22.3 Å². The highest BCUT2D eigenvalue weighted by Gasteiger charge is 2.57. The average Bonchev–Trinajstić information content (AvgIpc) is 3.99. The van der Waals surface area contributed by atoms with Crippen molar-refractivity contribution in [1.82, 2.24) is 0 Å². The third kappa shape index (κ3) is 6.06. The Hall–Kier alpha value is -9.24. The van der Waals surface area contributed by atoms with E-state index < -0.39 is 10.8 Å². The zero-order valence-corrected chi connectivity index (χ0v) is 40.8. The first kappa shape index (κ1) is 42.4. The van der Waals surface area contributed by atoms with Crippen LogP contribution in [0.4, 0.5) is 28.4 Å². The molecule has 0 radical (unpaired) electrons. The van der Waals surface area contributed by atoms with Gasteiger partial charge in [-0.3, -0.25) is 0 Å². The van der Waals surface area contributed by atoms with E-state index >= 15 is 0 Å². The number of allylic oxidation sites excluding steroid dienone is 2. The Morgan fingerprint density at radius 2 is 0.919 bits per heavy atom. The van der Waals surface area contributed by atoms with E-state index in [-0.39, 0.29) is 12.0 Å². The van der Waals surface area contributed by atoms with E-state index in [1.807, 2.05) is 0 Å². The fourth-order valence-electron chi connectivity index (χ4n) is 13.7. The van der Waals surface area contributed by atoms with Crippen molar-refractivity contribution in [3.05, 3.63) is 341 Å². The first-order chi connectivity index (χ1) is 36.7. The fourth-order valence-corrected chi connectivity index (χ4v) is 13.7. The van der Waals surface area contributed by atoms with Gasteiger partial charge in [-0.1, -0.05) is 237 Å². The monoisotopic (exact) mass is 942 g/mol. The van der Waals surface area contributed by atoms with E-state index in [0.29, 0.717) is 0 Å². The molecule has 0 saturated heterocycles. The molecule has 1 heterocycles. The minimum atomic E-state index is -0.687. The highest BCUT2D eigenvalue weighted by molar-refractivity contribution is 5.93. The summed E-state index contributed by atoms with van der Waals surface area (Å²) in [6.07, 6.45) is 9.20. The maximum Gasteiger partial charge on any atom is 0.0720 e. The van der Waals surface area contributed by atoms with Gasteiger partial charge in [0.15, 0.2) is 0 Å². The molecule has 0 N–H and O–H groups in total. The number of hydrogen-bond donors (Lipinski definition) is 0. The second-order valence-corrected chi connectivity index (χ2v) is 20.3. The van der Waals surface area contributed by atoms with Crippen molar-refractivity contribution < 1.29 is 0 Å². The number of nitrogens with zero attached hydrogens (tertiary/aromatic N) is 2. The Morgan fingerprint density at radius 1 is 0.351 bits per heavy atom. The van der Waals surface area contributed by atoms with Gasteiger partial charge in [-0.2, -0.15) is 0 Å². The molecule has 11 aromatic rings. The van der Waals surface area contributed by atoms with E-state index in [9.17, 15) is 0 Å². The van der Waals surface area contributed by atoms with Crippen LogP contribution in [0, 0.1) is 0 Å². The third-order valence-electron chi connectivity index (χ3n) is 16.7. The Kier molecular flexibility index (Phi) is 9.56. The Balaban J connectivity index is 0.965. The molecular formula is C72H50N2. The van der Waals surface area contributed by atoms with Crippen LogP contribution in [0.5, 0.6) is 0 Å². The maximum atomic E-state index is 2.55. The van der Waals surface area contributed by atoms with Crippen molar-refractivity contribution in [3.63, 3.8) is 0 Å². The van der Waals surface area contributed by atoms with E-state index in [2.05, 4.69) is 301 Å². The number of hydrogen-bond acceptors (Lipinski definition) is 2. The zero-order chi connectivity index (χ0) is 48.8. The van der Waals surface area contributed by atoms with Crippen LogP contribution in [-0.4, -0.2) is 6.04 Å². The molecule has 4 atom stereocenters. The normalized spacial score (nSPS) is 19.3. The van der Waals surface area contributed by atoms with Crippen LogP contribution >= 0.6 is 0 Å². The largest absolute Gasteiger partial charge is 0.333 e. The molecule has 11 aromatic carbocycles. The zero-order valence-electron chi connectivity index (χ0n) is 40.8. The summed E-state index contributed by atoms with van der Waals surface area (Å²) in [7, 11) is 0. The lowest BCUT2D eigenvalue weighted by Crippen LogP contribution is -2.44. The number of fused-ring (bicyclic) bond motifs is 9. The van der Waals surface area contributed by atoms with Crippen LogP contribution in [0.2, 0.25) is 0 Å². The van der Waals surface area contributed by atoms with Crippen LogP contribution in [-0.2, 0) is 10.8 Å². The van der Waals surface area contributed by atoms with E-state index in [4.69, 9.17) is 0 Å². The van der Waals surface area contributed by atoms with Crippen LogP contribution in [0.3, 0.4) is 0 Å². The second kappa shape index (κ2) is 16.7. The summed E-state index contributed by atoms with van der Waals surface area (Å²) in [5.41, 5.74) is 21.2. The number of rotatable bonds is 8. The standard InChI is InChI=1S/C72H50N2/c1-4-20-49(21-5-1)51-38-41-56(42-39-51)73(59-44-45-69-63(48-59)61-31-13-17-37-68(61)74(69)58-43-40-50-22-10-11-23-52(50)46-58)57-29-18-28-55(47-57)71(53-24-6-2-7-25-53)65-34-15-16-35-66(65)72(54-26-8-3-9-27-54)64-33-14-12-30-60(64)62-32-19-36-67(71)70(62)72/h1-48,61,68H. The van der Waals surface area contributed by atoms with E-state index in [0.717, 1.165) is 17.1 Å². The van der Waals surface area contributed by atoms with Gasteiger partial charge in [-0.25, -0.2) is 0 Å². The van der Waals surface area contributed by atoms with Crippen LogP contribution in [0.15, 0.2) is 291 Å². The lowest BCUT2D eigenvalue weighted by atomic mass is 9.51. The smallest absolute Gasteiger partial charge is 0.0720 e. The van der Waals surface area contributed by atoms with Gasteiger partial charge in [0.25, 0.3) is 0 Å². The molecule has 0 bridgehead atoms. The third-order valence-corrected chi connectivity index (χ3v) is 16.7. The molecule has 0 spiro atoms. The summed E-state index contributed by atoms with van der Waals surface area (Å²) in [5.74, 6) is 0.185. The summed E-state index contributed by atoms with van der Waals surface area (Å²) in [5, 5.41) is 2.50. The van der Waals surface area contributed by atoms with Crippen molar-refractivity contribution in [2.75, 3.05) is 9.80 Å². The molecule has 2 nitrogen and oxygen atoms in total. The predicted octanol–water partition coefficient (Wildman–Crippen LogP) is 17.8. The first-order valence-electron chi connectivity index (χ1n) is 26.0. The number of benzene rings is 11. The lowest BCUT2D eigenvalue weighted by molar-refractivity contribution is 0.627. The summed E-state index contributed by atoms with van der Waals surface area (Å²) < 4.78 is 0. The second-order valence-electron chi connectivity index (χ2n) is 20.3. The van der Waals surface area contributed by atoms with Gasteiger partial charge in [0.05, 0.1) is 16.9 Å². The Labute approximate surface area is 433 Å². The fraction of sp³-hybridized carbons (Fsp3) is 0.0556. The van der Waals surface area contributed by atoms with Crippen LogP contribution < -0.4 is 9.80 Å². The van der Waals surface area contributed by atoms with Crippen LogP contribution in [0.25, 0.3) is 33.0 Å². The van der Waals surface area contributed by atoms with Gasteiger partial charge in [-0.15, -0.1) is 0 Å². The highest BCUT2D eigenvalue weighted by Crippen LogP contribution is 2.66. The molecule has 74 heavy (non-hydrogen) atoms. The molecule has 348 valence electrons. The molecule has 0 amide bonds. The van der Waals surface area contributed by atoms with Crippen molar-refractivity contribution in [2.45, 2.75) is 22.8 Å². The summed E-state index contributed by atoms with van der Waals surface area (Å²) in [6.45, 7) is 0. The average molecular weight is 943 g/mol. The molecule has 2 heteroatoms. The van der Waals surface area contributed by atoms with E-state index in [1.54, 1.807) is 0 Å². The SMILES string of the molecule is C1=CC2c3cc(N(c4ccc(-c5ccccc5)cc4)c4cccc(C5(c6ccccc6)c6ccccc6C6(c7ccccc7)c7ccccc7-c7cccc5c76)c4)ccc3N(c3ccc4ccccc4c3)C2C=C1. The van der Waals surface area contributed by atoms with Crippen LogP contribution in [0.1, 0.15) is 56.0 Å². The minimum absolute atomic E-state index is 0.159. The summed E-state index contributed by atoms with van der Waals surface area (Å²) in [6, 6.07) is 100. The Bertz CT molecular complexity index is 4040. The molecule has 0 aromatic heterocycles. The molecule has 1 aliphatic heterocycles. The first-order valence-corrected chi connectivity index (χ1v) is 26.0. The summed E-state index contributed by atoms with van der Waals surface area (Å²) >= 11 is 0. The van der Waals surface area contributed by atoms with Gasteiger partial charge < -0.3 is 9.80 Å². The number of anilines is 5. The van der Waals surface area contributed by atoms with Crippen molar-refractivity contribution in [2.24, 2.45) is 0 Å². The molecule has 3 aliphatic carbocycles. The highest BCUT2D eigenvalue weighted by atomic mass is 15.2. The van der Waals surface area contributed by atoms with Crippen molar-refractivity contribution in [1.29, 1.82) is 0 Å². The van der Waals surface area contributed by atoms with Crippen molar-refractivity contribution >= 4 is 39.2 Å². The molecule has 0 fully saturated rings. The topological polar surface area (TPSA) is 6.48 Å². The molecule has 4 unspecified atom stereocenters. The van der Waals surface area contributed by atoms with Gasteiger partial charge in [0.1, 0.15) is 0 Å². The van der Waals surface area contributed by atoms with Gasteiger partial charge >= 0.3 is 0 Å². The maximum absolute atomic E-state index is 2.55. The predicted molar refractivity (Wildman–Crippen MR) is 307 cm³/mol. The van der Waals surface area contributed by atoms with Gasteiger partial charge in [-0.05, 0) is 138 Å².